The van der Waals surface area contributed by atoms with Crippen LogP contribution in [0.25, 0.3) is 0 Å². The maximum Gasteiger partial charge on any atom is 0.317 e. The van der Waals surface area contributed by atoms with E-state index in [1.165, 1.54) is 6.42 Å². The molecule has 1 atom stereocenters. The third kappa shape index (κ3) is 5.80. The first-order valence-corrected chi connectivity index (χ1v) is 10.4. The molecule has 27 heavy (non-hydrogen) atoms. The van der Waals surface area contributed by atoms with E-state index in [4.69, 9.17) is 9.84 Å². The van der Waals surface area contributed by atoms with Crippen molar-refractivity contribution in [2.45, 2.75) is 44.7 Å². The molecule has 3 fully saturated rings. The fourth-order valence-electron chi connectivity index (χ4n) is 4.49. The Labute approximate surface area is 161 Å². The molecule has 3 aliphatic rings. The molecule has 3 rings (SSSR count). The minimum Gasteiger partial charge on any atom is -0.480 e. The molecule has 0 radical (unpaired) electrons. The van der Waals surface area contributed by atoms with Gasteiger partial charge in [-0.05, 0) is 38.1 Å². The zero-order chi connectivity index (χ0) is 19.2. The minimum atomic E-state index is -0.788. The van der Waals surface area contributed by atoms with Crippen molar-refractivity contribution in [3.8, 4) is 0 Å². The highest BCUT2D eigenvalue weighted by atomic mass is 16.5. The van der Waals surface area contributed by atoms with Gasteiger partial charge in [0.1, 0.15) is 0 Å². The molecule has 2 amide bonds. The molecule has 0 aromatic carbocycles. The number of morpholine rings is 1. The van der Waals surface area contributed by atoms with Gasteiger partial charge in [-0.25, -0.2) is 4.79 Å². The number of likely N-dealkylation sites (N-methyl/N-ethyl adjacent to an activating group) is 1. The second-order valence-electron chi connectivity index (χ2n) is 8.10. The standard InChI is InChI=1S/C19H34N4O4/c1-2-22(14-18(24)25)17-10-16(11-17)20-19(26)23-5-3-4-15(13-23)12-21-6-8-27-9-7-21/h15-17H,2-14H2,1H3,(H,20,26)(H,24,25)/t15-,16?,17?/m0/s1. The summed E-state index contributed by atoms with van der Waals surface area (Å²) in [6, 6.07) is 0.489. The number of carboxylic acid groups (broad SMARTS) is 1. The monoisotopic (exact) mass is 382 g/mol. The number of amides is 2. The number of piperidine rings is 1. The van der Waals surface area contributed by atoms with Gasteiger partial charge in [0.15, 0.2) is 0 Å². The molecule has 0 aromatic heterocycles. The number of carboxylic acids is 1. The zero-order valence-corrected chi connectivity index (χ0v) is 16.4. The molecular formula is C19H34N4O4. The summed E-state index contributed by atoms with van der Waals surface area (Å²) in [6.45, 7) is 9.14. The van der Waals surface area contributed by atoms with E-state index in [-0.39, 0.29) is 24.7 Å². The summed E-state index contributed by atoms with van der Waals surface area (Å²) < 4.78 is 5.41. The Morgan fingerprint density at radius 3 is 2.63 bits per heavy atom. The quantitative estimate of drug-likeness (QED) is 0.674. The molecule has 154 valence electrons. The van der Waals surface area contributed by atoms with Crippen LogP contribution in [0.1, 0.15) is 32.6 Å². The molecule has 0 aromatic rings. The Balaban J connectivity index is 1.38. The van der Waals surface area contributed by atoms with E-state index >= 15 is 0 Å². The van der Waals surface area contributed by atoms with Crippen LogP contribution in [0, 0.1) is 5.92 Å². The second-order valence-corrected chi connectivity index (χ2v) is 8.10. The number of ether oxygens (including phenoxy) is 1. The third-order valence-electron chi connectivity index (χ3n) is 6.13. The van der Waals surface area contributed by atoms with E-state index in [1.807, 2.05) is 16.7 Å². The van der Waals surface area contributed by atoms with E-state index in [9.17, 15) is 9.59 Å². The molecule has 0 bridgehead atoms. The number of carbonyl (C=O) groups excluding carboxylic acids is 1. The summed E-state index contributed by atoms with van der Waals surface area (Å²) in [5, 5.41) is 12.1. The van der Waals surface area contributed by atoms with Crippen LogP contribution in [0.2, 0.25) is 0 Å². The Hall–Kier alpha value is -1.38. The summed E-state index contributed by atoms with van der Waals surface area (Å²) >= 11 is 0. The highest BCUT2D eigenvalue weighted by molar-refractivity contribution is 5.74. The van der Waals surface area contributed by atoms with Crippen LogP contribution in [0.3, 0.4) is 0 Å². The van der Waals surface area contributed by atoms with E-state index in [0.717, 1.165) is 71.7 Å². The van der Waals surface area contributed by atoms with E-state index in [2.05, 4.69) is 10.2 Å². The lowest BCUT2D eigenvalue weighted by molar-refractivity contribution is -0.139. The van der Waals surface area contributed by atoms with Crippen molar-refractivity contribution in [2.75, 3.05) is 59.0 Å². The maximum absolute atomic E-state index is 12.6. The number of likely N-dealkylation sites (tertiary alicyclic amines) is 1. The van der Waals surface area contributed by atoms with E-state index in [0.29, 0.717) is 5.92 Å². The molecule has 2 aliphatic heterocycles. The predicted molar refractivity (Wildman–Crippen MR) is 102 cm³/mol. The number of hydrogen-bond donors (Lipinski definition) is 2. The summed E-state index contributed by atoms with van der Waals surface area (Å²) in [5.74, 6) is -0.244. The van der Waals surface area contributed by atoms with E-state index < -0.39 is 5.97 Å². The number of hydrogen-bond acceptors (Lipinski definition) is 5. The molecule has 8 heteroatoms. The highest BCUT2D eigenvalue weighted by Gasteiger charge is 2.36. The van der Waals surface area contributed by atoms with Crippen molar-refractivity contribution >= 4 is 12.0 Å². The van der Waals surface area contributed by atoms with Gasteiger partial charge in [0, 0.05) is 44.8 Å². The van der Waals surface area contributed by atoms with Crippen molar-refractivity contribution in [1.29, 1.82) is 0 Å². The Bertz CT molecular complexity index is 506. The number of carbonyl (C=O) groups is 2. The van der Waals surface area contributed by atoms with Gasteiger partial charge in [-0.15, -0.1) is 0 Å². The summed E-state index contributed by atoms with van der Waals surface area (Å²) in [5.41, 5.74) is 0. The zero-order valence-electron chi connectivity index (χ0n) is 16.4. The van der Waals surface area contributed by atoms with Gasteiger partial charge < -0.3 is 20.1 Å². The lowest BCUT2D eigenvalue weighted by atomic mass is 9.85. The van der Waals surface area contributed by atoms with Crippen molar-refractivity contribution in [3.63, 3.8) is 0 Å². The average Bonchev–Trinajstić information content (AvgIpc) is 2.63. The van der Waals surface area contributed by atoms with Gasteiger partial charge in [0.2, 0.25) is 0 Å². The fourth-order valence-corrected chi connectivity index (χ4v) is 4.49. The lowest BCUT2D eigenvalue weighted by Crippen LogP contribution is -2.58. The molecule has 8 nitrogen and oxygen atoms in total. The van der Waals surface area contributed by atoms with Gasteiger partial charge in [0.05, 0.1) is 19.8 Å². The van der Waals surface area contributed by atoms with Gasteiger partial charge in [-0.2, -0.15) is 0 Å². The molecule has 2 heterocycles. The fraction of sp³-hybridized carbons (Fsp3) is 0.895. The van der Waals surface area contributed by atoms with Gasteiger partial charge in [0.25, 0.3) is 0 Å². The van der Waals surface area contributed by atoms with Crippen LogP contribution in [0.15, 0.2) is 0 Å². The van der Waals surface area contributed by atoms with Gasteiger partial charge in [-0.1, -0.05) is 6.92 Å². The van der Waals surface area contributed by atoms with Crippen molar-refractivity contribution in [1.82, 2.24) is 20.0 Å². The normalized spacial score (nSPS) is 29.4. The molecule has 2 saturated heterocycles. The number of nitrogens with one attached hydrogen (secondary N) is 1. The highest BCUT2D eigenvalue weighted by Crippen LogP contribution is 2.26. The van der Waals surface area contributed by atoms with Crippen LogP contribution in [-0.2, 0) is 9.53 Å². The first-order chi connectivity index (χ1) is 13.0. The summed E-state index contributed by atoms with van der Waals surface area (Å²) in [6.07, 6.45) is 3.95. The lowest BCUT2D eigenvalue weighted by Gasteiger charge is -2.43. The topological polar surface area (TPSA) is 85.4 Å². The van der Waals surface area contributed by atoms with E-state index in [1.54, 1.807) is 0 Å². The molecule has 1 aliphatic carbocycles. The molecule has 0 unspecified atom stereocenters. The minimum absolute atomic E-state index is 0.0476. The van der Waals surface area contributed by atoms with Crippen LogP contribution >= 0.6 is 0 Å². The molecule has 2 N–H and O–H groups in total. The largest absolute Gasteiger partial charge is 0.480 e. The first-order valence-electron chi connectivity index (χ1n) is 10.4. The van der Waals surface area contributed by atoms with Crippen molar-refractivity contribution in [3.05, 3.63) is 0 Å². The van der Waals surface area contributed by atoms with Crippen LogP contribution in [0.4, 0.5) is 4.79 Å². The molecule has 0 spiro atoms. The van der Waals surface area contributed by atoms with Crippen LogP contribution in [0.5, 0.6) is 0 Å². The molecule has 1 saturated carbocycles. The number of rotatable bonds is 7. The van der Waals surface area contributed by atoms with Crippen molar-refractivity contribution in [2.24, 2.45) is 5.92 Å². The SMILES string of the molecule is CCN(CC(=O)O)C1CC(NC(=O)N2CCC[C@@H](CN3CCOCC3)C2)C1. The van der Waals surface area contributed by atoms with Gasteiger partial charge in [-0.3, -0.25) is 14.6 Å². The average molecular weight is 383 g/mol. The molecular weight excluding hydrogens is 348 g/mol. The van der Waals surface area contributed by atoms with Crippen molar-refractivity contribution < 1.29 is 19.4 Å². The third-order valence-corrected chi connectivity index (χ3v) is 6.13. The maximum atomic E-state index is 12.6. The Morgan fingerprint density at radius 2 is 1.96 bits per heavy atom. The number of nitrogens with zero attached hydrogens (tertiary/aromatic N) is 3. The predicted octanol–water partition coefficient (Wildman–Crippen LogP) is 0.678. The van der Waals surface area contributed by atoms with Gasteiger partial charge >= 0.3 is 12.0 Å². The number of urea groups is 1. The first kappa shape index (κ1) is 20.4. The second kappa shape index (κ2) is 9.71. The smallest absolute Gasteiger partial charge is 0.317 e. The Morgan fingerprint density at radius 1 is 1.22 bits per heavy atom. The van der Waals surface area contributed by atoms with Crippen LogP contribution in [-0.4, -0.2) is 103 Å². The number of aliphatic carboxylic acids is 1. The van der Waals surface area contributed by atoms with Crippen LogP contribution < -0.4 is 5.32 Å². The Kier molecular flexibility index (Phi) is 7.32. The summed E-state index contributed by atoms with van der Waals surface area (Å²) in [7, 11) is 0. The summed E-state index contributed by atoms with van der Waals surface area (Å²) in [4.78, 5) is 30.0.